The average molecular weight is 490 g/mol. The van der Waals surface area contributed by atoms with E-state index < -0.39 is 6.03 Å². The van der Waals surface area contributed by atoms with Crippen LogP contribution < -0.4 is 15.4 Å². The van der Waals surface area contributed by atoms with Gasteiger partial charge >= 0.3 is 6.03 Å². The third kappa shape index (κ3) is 4.79. The molecule has 1 fully saturated rings. The number of hydrogen-bond acceptors (Lipinski definition) is 7. The molecule has 0 aliphatic carbocycles. The minimum atomic E-state index is -0.397. The zero-order chi connectivity index (χ0) is 24.4. The summed E-state index contributed by atoms with van der Waals surface area (Å²) in [7, 11) is 1.50. The van der Waals surface area contributed by atoms with Crippen LogP contribution in [0.1, 0.15) is 24.9 Å². The van der Waals surface area contributed by atoms with Crippen molar-refractivity contribution in [1.29, 1.82) is 0 Å². The maximum Gasteiger partial charge on any atom is 0.346 e. The summed E-state index contributed by atoms with van der Waals surface area (Å²) in [5, 5.41) is 7.53. The Balaban J connectivity index is 1.41. The maximum absolute atomic E-state index is 13.1. The number of carbonyl (C=O) groups is 2. The van der Waals surface area contributed by atoms with E-state index in [4.69, 9.17) is 9.57 Å². The molecule has 0 radical (unpaired) electrons. The first-order valence-electron chi connectivity index (χ1n) is 11.0. The quantitative estimate of drug-likeness (QED) is 0.397. The lowest BCUT2D eigenvalue weighted by Gasteiger charge is -2.23. The number of hydrogen-bond donors (Lipinski definition) is 2. The summed E-state index contributed by atoms with van der Waals surface area (Å²) in [6, 6.07) is 16.8. The molecule has 1 aliphatic rings. The van der Waals surface area contributed by atoms with Crippen molar-refractivity contribution in [2.24, 2.45) is 0 Å². The number of nitrogens with zero attached hydrogens (tertiary/aromatic N) is 3. The molecule has 2 aromatic heterocycles. The molecule has 1 atom stereocenters. The highest BCUT2D eigenvalue weighted by Gasteiger charge is 2.32. The third-order valence-corrected chi connectivity index (χ3v) is 6.51. The van der Waals surface area contributed by atoms with Crippen LogP contribution >= 0.6 is 11.3 Å². The number of thiazole rings is 1. The van der Waals surface area contributed by atoms with Crippen molar-refractivity contribution in [2.45, 2.75) is 19.4 Å². The van der Waals surface area contributed by atoms with Gasteiger partial charge in [0.1, 0.15) is 5.69 Å². The van der Waals surface area contributed by atoms with Crippen molar-refractivity contribution in [1.82, 2.24) is 15.0 Å². The standard InChI is InChI=1S/C25H23N5O4S/c1-15(31)27-24-28-19-9-8-17(13-22(19)35-24)18-12-20(23(33-2)26-14-18)29-25(32)30-21(10-11-34-30)16-6-4-3-5-7-16/h3-9,12-14,21H,10-11H2,1-2H3,(H,29,32)(H,27,28,31). The summed E-state index contributed by atoms with van der Waals surface area (Å²) < 4.78 is 6.31. The van der Waals surface area contributed by atoms with Crippen molar-refractivity contribution in [3.63, 3.8) is 0 Å². The van der Waals surface area contributed by atoms with Crippen molar-refractivity contribution >= 4 is 44.3 Å². The highest BCUT2D eigenvalue weighted by atomic mass is 32.1. The van der Waals surface area contributed by atoms with E-state index in [0.29, 0.717) is 29.7 Å². The van der Waals surface area contributed by atoms with E-state index in [1.54, 1.807) is 6.20 Å². The number of pyridine rings is 1. The molecule has 2 aromatic carbocycles. The monoisotopic (exact) mass is 489 g/mol. The van der Waals surface area contributed by atoms with E-state index in [-0.39, 0.29) is 11.9 Å². The molecule has 1 aliphatic heterocycles. The second-order valence-electron chi connectivity index (χ2n) is 7.97. The predicted octanol–water partition coefficient (Wildman–Crippen LogP) is 5.24. The molecular weight excluding hydrogens is 466 g/mol. The maximum atomic E-state index is 13.1. The number of urea groups is 1. The van der Waals surface area contributed by atoms with Crippen LogP contribution in [0, 0.1) is 0 Å². The van der Waals surface area contributed by atoms with E-state index >= 15 is 0 Å². The van der Waals surface area contributed by atoms with E-state index in [1.165, 1.54) is 30.4 Å². The molecule has 4 aromatic rings. The summed E-state index contributed by atoms with van der Waals surface area (Å²) in [5.74, 6) is 0.130. The lowest BCUT2D eigenvalue weighted by Crippen LogP contribution is -2.33. The van der Waals surface area contributed by atoms with Crippen molar-refractivity contribution < 1.29 is 19.2 Å². The highest BCUT2D eigenvalue weighted by Crippen LogP contribution is 2.35. The number of carbonyl (C=O) groups excluding carboxylic acids is 2. The van der Waals surface area contributed by atoms with Crippen LogP contribution in [0.4, 0.5) is 15.6 Å². The zero-order valence-corrected chi connectivity index (χ0v) is 20.0. The van der Waals surface area contributed by atoms with Gasteiger partial charge in [0.15, 0.2) is 5.13 Å². The molecule has 5 rings (SSSR count). The summed E-state index contributed by atoms with van der Waals surface area (Å²) in [6.07, 6.45) is 2.40. The van der Waals surface area contributed by atoms with E-state index in [1.807, 2.05) is 54.6 Å². The smallest absolute Gasteiger partial charge is 0.346 e. The first-order valence-corrected chi connectivity index (χ1v) is 11.8. The molecule has 1 unspecified atom stereocenters. The number of fused-ring (bicyclic) bond motifs is 1. The van der Waals surface area contributed by atoms with Gasteiger partial charge in [0.25, 0.3) is 0 Å². The topological polar surface area (TPSA) is 106 Å². The third-order valence-electron chi connectivity index (χ3n) is 5.58. The average Bonchev–Trinajstić information content (AvgIpc) is 3.50. The number of aromatic nitrogens is 2. The first kappa shape index (κ1) is 22.8. The Morgan fingerprint density at radius 2 is 1.94 bits per heavy atom. The molecule has 10 heteroatoms. The Morgan fingerprint density at radius 3 is 2.71 bits per heavy atom. The van der Waals surface area contributed by atoms with Crippen LogP contribution in [0.15, 0.2) is 60.8 Å². The summed E-state index contributed by atoms with van der Waals surface area (Å²) in [5.41, 5.74) is 3.91. The van der Waals surface area contributed by atoms with Gasteiger partial charge in [0, 0.05) is 25.1 Å². The van der Waals surface area contributed by atoms with E-state index in [2.05, 4.69) is 20.6 Å². The molecule has 0 bridgehead atoms. The number of hydroxylamine groups is 2. The van der Waals surface area contributed by atoms with Gasteiger partial charge in [-0.25, -0.2) is 14.8 Å². The fourth-order valence-corrected chi connectivity index (χ4v) is 4.94. The summed E-state index contributed by atoms with van der Waals surface area (Å²) in [4.78, 5) is 39.0. The molecule has 0 spiro atoms. The SMILES string of the molecule is COc1ncc(-c2ccc3nc(NC(C)=O)sc3c2)cc1NC(=O)N1OCCC1c1ccccc1. The number of ether oxygens (including phenoxy) is 1. The predicted molar refractivity (Wildman–Crippen MR) is 134 cm³/mol. The van der Waals surface area contributed by atoms with Gasteiger partial charge < -0.3 is 15.4 Å². The molecule has 3 heterocycles. The van der Waals surface area contributed by atoms with Crippen molar-refractivity contribution in [2.75, 3.05) is 24.4 Å². The molecule has 35 heavy (non-hydrogen) atoms. The molecule has 3 amide bonds. The molecule has 178 valence electrons. The van der Waals surface area contributed by atoms with Crippen LogP contribution in [0.25, 0.3) is 21.3 Å². The number of amides is 3. The number of methoxy groups -OCH3 is 1. The van der Waals surface area contributed by atoms with Gasteiger partial charge in [-0.15, -0.1) is 0 Å². The Bertz CT molecular complexity index is 1390. The molecule has 1 saturated heterocycles. The second-order valence-corrected chi connectivity index (χ2v) is 9.00. The van der Waals surface area contributed by atoms with Crippen molar-refractivity contribution in [3.05, 3.63) is 66.4 Å². The summed E-state index contributed by atoms with van der Waals surface area (Å²) >= 11 is 1.39. The van der Waals surface area contributed by atoms with E-state index in [9.17, 15) is 9.59 Å². The van der Waals surface area contributed by atoms with Crippen LogP contribution in [0.2, 0.25) is 0 Å². The molecule has 2 N–H and O–H groups in total. The molecule has 0 saturated carbocycles. The normalized spacial score (nSPS) is 15.3. The van der Waals surface area contributed by atoms with Gasteiger partial charge in [-0.1, -0.05) is 47.7 Å². The largest absolute Gasteiger partial charge is 0.480 e. The molecule has 9 nitrogen and oxygen atoms in total. The Kier molecular flexibility index (Phi) is 6.30. The fourth-order valence-electron chi connectivity index (χ4n) is 3.99. The zero-order valence-electron chi connectivity index (χ0n) is 19.1. The van der Waals surface area contributed by atoms with Gasteiger partial charge in [-0.05, 0) is 29.3 Å². The van der Waals surface area contributed by atoms with Crippen LogP contribution in [-0.4, -0.2) is 40.7 Å². The lowest BCUT2D eigenvalue weighted by molar-refractivity contribution is -0.114. The van der Waals surface area contributed by atoms with Gasteiger partial charge in [0.2, 0.25) is 11.8 Å². The van der Waals surface area contributed by atoms with Crippen LogP contribution in [0.3, 0.4) is 0 Å². The highest BCUT2D eigenvalue weighted by molar-refractivity contribution is 7.22. The van der Waals surface area contributed by atoms with Crippen LogP contribution in [0.5, 0.6) is 5.88 Å². The number of nitrogens with one attached hydrogen (secondary N) is 2. The number of rotatable bonds is 5. The number of anilines is 2. The van der Waals surface area contributed by atoms with Crippen LogP contribution in [-0.2, 0) is 9.63 Å². The van der Waals surface area contributed by atoms with E-state index in [0.717, 1.165) is 26.9 Å². The summed E-state index contributed by atoms with van der Waals surface area (Å²) in [6.45, 7) is 1.91. The number of benzene rings is 2. The Labute approximate surface area is 205 Å². The minimum Gasteiger partial charge on any atom is -0.480 e. The van der Waals surface area contributed by atoms with Gasteiger partial charge in [-0.3, -0.25) is 9.63 Å². The minimum absolute atomic E-state index is 0.166. The molecular formula is C25H23N5O4S. The second kappa shape index (κ2) is 9.69. The van der Waals surface area contributed by atoms with Crippen molar-refractivity contribution in [3.8, 4) is 17.0 Å². The van der Waals surface area contributed by atoms with Gasteiger partial charge in [0.05, 0.1) is 30.0 Å². The first-order chi connectivity index (χ1) is 17.0. The fraction of sp³-hybridized carbons (Fsp3) is 0.200. The van der Waals surface area contributed by atoms with Gasteiger partial charge in [-0.2, -0.15) is 5.06 Å². The Morgan fingerprint density at radius 1 is 1.11 bits per heavy atom. The lowest BCUT2D eigenvalue weighted by atomic mass is 10.1. The Hall–Kier alpha value is -4.02.